The molecule has 3 aliphatic rings. The summed E-state index contributed by atoms with van der Waals surface area (Å²) in [6.07, 6.45) is 8.67. The number of aryl methyl sites for hydroxylation is 1. The molecular formula is C37H46N4O6. The number of H-pyrrole nitrogens is 1. The van der Waals surface area contributed by atoms with Gasteiger partial charge in [0.25, 0.3) is 0 Å². The molecule has 47 heavy (non-hydrogen) atoms. The monoisotopic (exact) mass is 642 g/mol. The number of esters is 1. The number of nitrogens with one attached hydrogen (secondary N) is 4. The van der Waals surface area contributed by atoms with Crippen LogP contribution in [0.15, 0.2) is 54.7 Å². The molecule has 3 amide bonds. The summed E-state index contributed by atoms with van der Waals surface area (Å²) < 4.78 is 10.7. The van der Waals surface area contributed by atoms with E-state index in [1.165, 1.54) is 20.0 Å². The van der Waals surface area contributed by atoms with E-state index in [1.54, 1.807) is 6.92 Å². The zero-order chi connectivity index (χ0) is 32.3. The number of para-hydroxylation sites is 1. The summed E-state index contributed by atoms with van der Waals surface area (Å²) in [4.78, 5) is 55.9. The van der Waals surface area contributed by atoms with E-state index in [0.29, 0.717) is 18.8 Å². The van der Waals surface area contributed by atoms with Gasteiger partial charge in [0, 0.05) is 23.5 Å². The third-order valence-electron chi connectivity index (χ3n) is 10.2. The standard InChI is InChI=1S/C36H44N4O6.CH2/c1-36(20-25-21-37-28-13-6-5-11-26(25)28,40-35(44)46-30-17-14-22-8-7-10-24(30)18-22)34(43)38-29-16-15-23-9-3-4-12-27(23)33(29)39-31(41)19-32(42)45-2;/h3-6,9,11-13,21-22,24,29-30,33,37H,7-8,10,14-20H2,1-2H3,(H,38,43)(H,39,41)(H,40,44);1H2. The van der Waals surface area contributed by atoms with Crippen molar-refractivity contribution in [3.05, 3.63) is 78.8 Å². The number of alkyl carbamates (subject to hydrolysis) is 1. The summed E-state index contributed by atoms with van der Waals surface area (Å²) >= 11 is 0. The number of rotatable bonds is 9. The fraction of sp³-hybridized carbons (Fsp3) is 0.486. The quantitative estimate of drug-likeness (QED) is 0.184. The van der Waals surface area contributed by atoms with Crippen molar-refractivity contribution in [2.75, 3.05) is 7.11 Å². The molecule has 2 saturated carbocycles. The Hall–Kier alpha value is -4.34. The normalized spacial score (nSPS) is 24.4. The van der Waals surface area contributed by atoms with E-state index in [-0.39, 0.29) is 25.9 Å². The molecule has 10 heteroatoms. The smallest absolute Gasteiger partial charge is 0.408 e. The van der Waals surface area contributed by atoms with Gasteiger partial charge in [0.1, 0.15) is 18.1 Å². The first-order valence-corrected chi connectivity index (χ1v) is 16.5. The van der Waals surface area contributed by atoms with Crippen molar-refractivity contribution in [1.29, 1.82) is 0 Å². The lowest BCUT2D eigenvalue weighted by atomic mass is 9.71. The average Bonchev–Trinajstić information content (AvgIpc) is 3.45. The van der Waals surface area contributed by atoms with Crippen molar-refractivity contribution in [1.82, 2.24) is 20.9 Å². The highest BCUT2D eigenvalue weighted by Crippen LogP contribution is 2.41. The summed E-state index contributed by atoms with van der Waals surface area (Å²) in [5, 5.41) is 10.1. The maximum atomic E-state index is 14.4. The molecule has 250 valence electrons. The van der Waals surface area contributed by atoms with E-state index in [0.717, 1.165) is 59.2 Å². The number of fused-ring (bicyclic) bond motifs is 4. The van der Waals surface area contributed by atoms with Crippen LogP contribution >= 0.6 is 0 Å². The highest BCUT2D eigenvalue weighted by Gasteiger charge is 2.42. The highest BCUT2D eigenvalue weighted by atomic mass is 16.6. The molecule has 2 bridgehead atoms. The summed E-state index contributed by atoms with van der Waals surface area (Å²) in [6.45, 7) is 1.73. The van der Waals surface area contributed by atoms with Gasteiger partial charge < -0.3 is 30.4 Å². The summed E-state index contributed by atoms with van der Waals surface area (Å²) in [5.74, 6) is -0.427. The molecule has 3 aliphatic carbocycles. The van der Waals surface area contributed by atoms with Gasteiger partial charge in [0.2, 0.25) is 11.8 Å². The highest BCUT2D eigenvalue weighted by molar-refractivity contribution is 5.95. The molecular weight excluding hydrogens is 596 g/mol. The Balaban J connectivity index is 0.00000433. The Morgan fingerprint density at radius 2 is 1.74 bits per heavy atom. The molecule has 0 aliphatic heterocycles. The molecule has 1 heterocycles. The predicted molar refractivity (Wildman–Crippen MR) is 178 cm³/mol. The molecule has 0 saturated heterocycles. The predicted octanol–water partition coefficient (Wildman–Crippen LogP) is 5.34. The van der Waals surface area contributed by atoms with Crippen LogP contribution in [-0.2, 0) is 36.7 Å². The molecule has 2 fully saturated rings. The second-order valence-corrected chi connectivity index (χ2v) is 13.4. The number of aromatic amines is 1. The minimum absolute atomic E-state index is 0. The fourth-order valence-corrected chi connectivity index (χ4v) is 7.80. The average molecular weight is 643 g/mol. The minimum atomic E-state index is -1.37. The molecule has 6 rings (SSSR count). The first kappa shape index (κ1) is 34.0. The van der Waals surface area contributed by atoms with Gasteiger partial charge in [-0.15, -0.1) is 0 Å². The topological polar surface area (TPSA) is 139 Å². The lowest BCUT2D eigenvalue weighted by Gasteiger charge is -2.40. The van der Waals surface area contributed by atoms with Gasteiger partial charge in [0.05, 0.1) is 19.2 Å². The Bertz CT molecular complexity index is 1600. The summed E-state index contributed by atoms with van der Waals surface area (Å²) in [6, 6.07) is 14.6. The number of benzene rings is 2. The van der Waals surface area contributed by atoms with Crippen LogP contribution in [0, 0.1) is 19.3 Å². The Morgan fingerprint density at radius 3 is 2.57 bits per heavy atom. The van der Waals surface area contributed by atoms with E-state index < -0.39 is 42.0 Å². The molecule has 6 unspecified atom stereocenters. The molecule has 6 atom stereocenters. The van der Waals surface area contributed by atoms with Crippen molar-refractivity contribution in [3.8, 4) is 0 Å². The van der Waals surface area contributed by atoms with Gasteiger partial charge in [0.15, 0.2) is 0 Å². The molecule has 10 nitrogen and oxygen atoms in total. The van der Waals surface area contributed by atoms with Crippen LogP contribution < -0.4 is 16.0 Å². The fourth-order valence-electron chi connectivity index (χ4n) is 7.80. The number of hydrogen-bond donors (Lipinski definition) is 4. The van der Waals surface area contributed by atoms with Crippen molar-refractivity contribution in [2.24, 2.45) is 11.8 Å². The van der Waals surface area contributed by atoms with Gasteiger partial charge in [-0.2, -0.15) is 0 Å². The van der Waals surface area contributed by atoms with Crippen molar-refractivity contribution < 1.29 is 28.7 Å². The SMILES string of the molecule is COC(=O)CC(=O)NC1c2ccccc2CCC1NC(=O)C(C)(Cc1c[nH]c2ccccc12)NC(=O)OC1CCC2CCCC1C2.[CH2]. The first-order chi connectivity index (χ1) is 22.2. The van der Waals surface area contributed by atoms with Crippen molar-refractivity contribution in [3.63, 3.8) is 0 Å². The largest absolute Gasteiger partial charge is 0.469 e. The Labute approximate surface area is 276 Å². The van der Waals surface area contributed by atoms with Crippen LogP contribution in [0.5, 0.6) is 0 Å². The van der Waals surface area contributed by atoms with Crippen LogP contribution in [0.1, 0.15) is 81.0 Å². The number of hydrogen-bond acceptors (Lipinski definition) is 6. The summed E-state index contributed by atoms with van der Waals surface area (Å²) in [7, 11) is 1.24. The maximum Gasteiger partial charge on any atom is 0.408 e. The third-order valence-corrected chi connectivity index (χ3v) is 10.2. The van der Waals surface area contributed by atoms with Crippen LogP contribution in [-0.4, -0.2) is 53.7 Å². The molecule has 0 spiro atoms. The number of methoxy groups -OCH3 is 1. The minimum Gasteiger partial charge on any atom is -0.469 e. The zero-order valence-corrected chi connectivity index (χ0v) is 27.3. The molecule has 4 N–H and O–H groups in total. The third kappa shape index (κ3) is 7.63. The van der Waals surface area contributed by atoms with Gasteiger partial charge >= 0.3 is 12.1 Å². The number of carbonyl (C=O) groups is 4. The van der Waals surface area contributed by atoms with Crippen molar-refractivity contribution in [2.45, 2.75) is 94.9 Å². The molecule has 2 aromatic carbocycles. The van der Waals surface area contributed by atoms with Crippen LogP contribution in [0.2, 0.25) is 0 Å². The molecule has 1 aromatic heterocycles. The second-order valence-electron chi connectivity index (χ2n) is 13.4. The van der Waals surface area contributed by atoms with E-state index >= 15 is 0 Å². The van der Waals surface area contributed by atoms with Crippen LogP contribution in [0.4, 0.5) is 4.79 Å². The molecule has 3 aromatic rings. The Kier molecular flexibility index (Phi) is 10.6. The van der Waals surface area contributed by atoms with Crippen LogP contribution in [0.25, 0.3) is 10.9 Å². The second kappa shape index (κ2) is 14.6. The van der Waals surface area contributed by atoms with E-state index in [2.05, 4.69) is 25.7 Å². The summed E-state index contributed by atoms with van der Waals surface area (Å²) in [5.41, 5.74) is 2.40. The van der Waals surface area contributed by atoms with Gasteiger partial charge in [-0.25, -0.2) is 4.79 Å². The van der Waals surface area contributed by atoms with E-state index in [1.807, 2.05) is 54.7 Å². The van der Waals surface area contributed by atoms with E-state index in [9.17, 15) is 19.2 Å². The zero-order valence-electron chi connectivity index (χ0n) is 27.3. The van der Waals surface area contributed by atoms with Gasteiger partial charge in [-0.3, -0.25) is 14.4 Å². The lowest BCUT2D eigenvalue weighted by molar-refractivity contribution is -0.144. The maximum absolute atomic E-state index is 14.4. The van der Waals surface area contributed by atoms with E-state index in [4.69, 9.17) is 4.74 Å². The number of carbonyl (C=O) groups excluding carboxylic acids is 4. The lowest BCUT2D eigenvalue weighted by Crippen LogP contribution is -2.62. The van der Waals surface area contributed by atoms with Gasteiger partial charge in [-0.05, 0) is 80.0 Å². The Morgan fingerprint density at radius 1 is 0.957 bits per heavy atom. The van der Waals surface area contributed by atoms with Gasteiger partial charge in [-0.1, -0.05) is 62.7 Å². The molecule has 2 radical (unpaired) electrons. The number of aromatic nitrogens is 1. The number of amides is 3. The first-order valence-electron chi connectivity index (χ1n) is 16.5. The van der Waals surface area contributed by atoms with Crippen LogP contribution in [0.3, 0.4) is 0 Å². The number of ether oxygens (including phenoxy) is 2. The van der Waals surface area contributed by atoms with Crippen molar-refractivity contribution >= 4 is 34.8 Å².